The van der Waals surface area contributed by atoms with Crippen LogP contribution in [0.15, 0.2) is 42.7 Å². The molecule has 0 N–H and O–H groups in total. The van der Waals surface area contributed by atoms with Gasteiger partial charge in [-0.3, -0.25) is 9.78 Å². The summed E-state index contributed by atoms with van der Waals surface area (Å²) in [6.45, 7) is 4.26. The minimum Gasteiger partial charge on any atom is -0.494 e. The second-order valence-corrected chi connectivity index (χ2v) is 4.68. The highest BCUT2D eigenvalue weighted by Gasteiger charge is 2.14. The molecule has 0 radical (unpaired) electrons. The zero-order valence-electron chi connectivity index (χ0n) is 11.4. The number of hydrogen-bond donors (Lipinski definition) is 0. The van der Waals surface area contributed by atoms with E-state index in [4.69, 9.17) is 4.74 Å². The van der Waals surface area contributed by atoms with Gasteiger partial charge in [-0.05, 0) is 17.5 Å². The Kier molecular flexibility index (Phi) is 3.95. The molecule has 98 valence electrons. The van der Waals surface area contributed by atoms with Crippen molar-refractivity contribution in [1.82, 2.24) is 4.98 Å². The largest absolute Gasteiger partial charge is 0.494 e. The molecule has 0 bridgehead atoms. The third kappa shape index (κ3) is 2.81. The van der Waals surface area contributed by atoms with E-state index in [-0.39, 0.29) is 5.78 Å². The Morgan fingerprint density at radius 1 is 1.16 bits per heavy atom. The Morgan fingerprint density at radius 3 is 2.42 bits per heavy atom. The van der Waals surface area contributed by atoms with Crippen LogP contribution in [0.25, 0.3) is 0 Å². The molecule has 3 heteroatoms. The number of rotatable bonds is 4. The first-order chi connectivity index (χ1) is 9.13. The fourth-order valence-electron chi connectivity index (χ4n) is 1.91. The van der Waals surface area contributed by atoms with Crippen LogP contribution in [-0.4, -0.2) is 17.9 Å². The molecular weight excluding hydrogens is 238 g/mol. The summed E-state index contributed by atoms with van der Waals surface area (Å²) in [7, 11) is 1.54. The zero-order valence-corrected chi connectivity index (χ0v) is 11.4. The molecule has 0 aliphatic rings. The predicted octanol–water partition coefficient (Wildman–Crippen LogP) is 3.44. The summed E-state index contributed by atoms with van der Waals surface area (Å²) >= 11 is 0. The Morgan fingerprint density at radius 2 is 1.84 bits per heavy atom. The van der Waals surface area contributed by atoms with E-state index in [0.717, 1.165) is 0 Å². The molecule has 2 aromatic rings. The number of ketones is 1. The van der Waals surface area contributed by atoms with Crippen LogP contribution in [0.2, 0.25) is 0 Å². The highest BCUT2D eigenvalue weighted by molar-refractivity contribution is 6.10. The van der Waals surface area contributed by atoms with Crippen molar-refractivity contribution in [3.63, 3.8) is 0 Å². The van der Waals surface area contributed by atoms with E-state index in [1.54, 1.807) is 18.5 Å². The lowest BCUT2D eigenvalue weighted by atomic mass is 9.98. The van der Waals surface area contributed by atoms with Crippen LogP contribution in [0, 0.1) is 0 Å². The van der Waals surface area contributed by atoms with Gasteiger partial charge >= 0.3 is 0 Å². The van der Waals surface area contributed by atoms with Gasteiger partial charge in [0.05, 0.1) is 18.9 Å². The van der Waals surface area contributed by atoms with Crippen molar-refractivity contribution >= 4 is 5.78 Å². The van der Waals surface area contributed by atoms with Crippen molar-refractivity contribution in [2.75, 3.05) is 7.11 Å². The maximum absolute atomic E-state index is 12.4. The molecule has 0 atom stereocenters. The van der Waals surface area contributed by atoms with Crippen LogP contribution >= 0.6 is 0 Å². The van der Waals surface area contributed by atoms with Gasteiger partial charge in [0.25, 0.3) is 0 Å². The van der Waals surface area contributed by atoms with Crippen molar-refractivity contribution in [3.05, 3.63) is 59.4 Å². The lowest BCUT2D eigenvalue weighted by Gasteiger charge is -2.08. The molecule has 3 nitrogen and oxygen atoms in total. The molecule has 1 heterocycles. The molecule has 0 spiro atoms. The predicted molar refractivity (Wildman–Crippen MR) is 74.8 cm³/mol. The van der Waals surface area contributed by atoms with Gasteiger partial charge in [-0.2, -0.15) is 0 Å². The molecule has 19 heavy (non-hydrogen) atoms. The fraction of sp³-hybridized carbons (Fsp3) is 0.250. The van der Waals surface area contributed by atoms with E-state index in [2.05, 4.69) is 18.8 Å². The van der Waals surface area contributed by atoms with E-state index in [0.29, 0.717) is 22.8 Å². The Labute approximate surface area is 113 Å². The van der Waals surface area contributed by atoms with Crippen LogP contribution < -0.4 is 4.74 Å². The lowest BCUT2D eigenvalue weighted by Crippen LogP contribution is -2.04. The van der Waals surface area contributed by atoms with Gasteiger partial charge in [0.15, 0.2) is 5.78 Å². The number of methoxy groups -OCH3 is 1. The monoisotopic (exact) mass is 255 g/mol. The average Bonchev–Trinajstić information content (AvgIpc) is 2.46. The summed E-state index contributed by atoms with van der Waals surface area (Å²) < 4.78 is 5.17. The molecule has 0 unspecified atom stereocenters. The standard InChI is InChI=1S/C16H17NO2/c1-11(2)12-4-6-13(7-5-12)16(18)14-8-9-17-10-15(14)19-3/h4-11H,1-3H3. The molecule has 0 aliphatic carbocycles. The molecule has 0 saturated carbocycles. The summed E-state index contributed by atoms with van der Waals surface area (Å²) in [5, 5.41) is 0. The van der Waals surface area contributed by atoms with Gasteiger partial charge in [-0.15, -0.1) is 0 Å². The number of carbonyl (C=O) groups excluding carboxylic acids is 1. The SMILES string of the molecule is COc1cnccc1C(=O)c1ccc(C(C)C)cc1. The van der Waals surface area contributed by atoms with Crippen molar-refractivity contribution in [2.45, 2.75) is 19.8 Å². The number of ether oxygens (including phenoxy) is 1. The van der Waals surface area contributed by atoms with Gasteiger partial charge in [-0.25, -0.2) is 0 Å². The third-order valence-electron chi connectivity index (χ3n) is 3.09. The van der Waals surface area contributed by atoms with E-state index in [1.807, 2.05) is 24.3 Å². The summed E-state index contributed by atoms with van der Waals surface area (Å²) in [6.07, 6.45) is 3.15. The number of benzene rings is 1. The van der Waals surface area contributed by atoms with Crippen LogP contribution in [0.5, 0.6) is 5.75 Å². The highest BCUT2D eigenvalue weighted by Crippen LogP contribution is 2.21. The molecular formula is C16H17NO2. The first kappa shape index (κ1) is 13.3. The Bertz CT molecular complexity index is 574. The minimum absolute atomic E-state index is 0.0467. The van der Waals surface area contributed by atoms with E-state index >= 15 is 0 Å². The smallest absolute Gasteiger partial charge is 0.196 e. The molecule has 1 aromatic carbocycles. The zero-order chi connectivity index (χ0) is 13.8. The topological polar surface area (TPSA) is 39.2 Å². The van der Waals surface area contributed by atoms with Crippen molar-refractivity contribution < 1.29 is 9.53 Å². The van der Waals surface area contributed by atoms with E-state index < -0.39 is 0 Å². The quantitative estimate of drug-likeness (QED) is 0.785. The van der Waals surface area contributed by atoms with Crippen LogP contribution in [-0.2, 0) is 0 Å². The minimum atomic E-state index is -0.0467. The Hall–Kier alpha value is -2.16. The average molecular weight is 255 g/mol. The maximum atomic E-state index is 12.4. The molecule has 0 saturated heterocycles. The summed E-state index contributed by atoms with van der Waals surface area (Å²) in [6, 6.07) is 9.38. The molecule has 2 rings (SSSR count). The number of aromatic nitrogens is 1. The van der Waals surface area contributed by atoms with Crippen LogP contribution in [0.1, 0.15) is 41.3 Å². The molecule has 1 aromatic heterocycles. The van der Waals surface area contributed by atoms with Crippen LogP contribution in [0.4, 0.5) is 0 Å². The number of nitrogens with zero attached hydrogens (tertiary/aromatic N) is 1. The normalized spacial score (nSPS) is 10.5. The number of hydrogen-bond acceptors (Lipinski definition) is 3. The van der Waals surface area contributed by atoms with Crippen LogP contribution in [0.3, 0.4) is 0 Å². The number of pyridine rings is 1. The number of carbonyl (C=O) groups is 1. The fourth-order valence-corrected chi connectivity index (χ4v) is 1.91. The summed E-state index contributed by atoms with van der Waals surface area (Å²) in [5.41, 5.74) is 2.42. The van der Waals surface area contributed by atoms with Gasteiger partial charge in [0.2, 0.25) is 0 Å². The molecule has 0 fully saturated rings. The second-order valence-electron chi connectivity index (χ2n) is 4.68. The third-order valence-corrected chi connectivity index (χ3v) is 3.09. The Balaban J connectivity index is 2.33. The first-order valence-electron chi connectivity index (χ1n) is 6.26. The highest BCUT2D eigenvalue weighted by atomic mass is 16.5. The van der Waals surface area contributed by atoms with Crippen molar-refractivity contribution in [3.8, 4) is 5.75 Å². The summed E-state index contributed by atoms with van der Waals surface area (Å²) in [4.78, 5) is 16.4. The van der Waals surface area contributed by atoms with Crippen molar-refractivity contribution in [1.29, 1.82) is 0 Å². The first-order valence-corrected chi connectivity index (χ1v) is 6.26. The molecule has 0 amide bonds. The summed E-state index contributed by atoms with van der Waals surface area (Å²) in [5.74, 6) is 0.912. The van der Waals surface area contributed by atoms with Gasteiger partial charge in [0.1, 0.15) is 5.75 Å². The maximum Gasteiger partial charge on any atom is 0.196 e. The van der Waals surface area contributed by atoms with Gasteiger partial charge in [0, 0.05) is 11.8 Å². The van der Waals surface area contributed by atoms with Gasteiger partial charge < -0.3 is 4.74 Å². The van der Waals surface area contributed by atoms with E-state index in [9.17, 15) is 4.79 Å². The van der Waals surface area contributed by atoms with Gasteiger partial charge in [-0.1, -0.05) is 38.1 Å². The second kappa shape index (κ2) is 5.65. The van der Waals surface area contributed by atoms with E-state index in [1.165, 1.54) is 12.7 Å². The van der Waals surface area contributed by atoms with Crippen molar-refractivity contribution in [2.24, 2.45) is 0 Å². The lowest BCUT2D eigenvalue weighted by molar-refractivity contribution is 0.103. The molecule has 0 aliphatic heterocycles.